The van der Waals surface area contributed by atoms with Gasteiger partial charge in [-0.05, 0) is 32.4 Å². The summed E-state index contributed by atoms with van der Waals surface area (Å²) in [6.45, 7) is 7.20. The van der Waals surface area contributed by atoms with Crippen molar-refractivity contribution >= 4 is 17.8 Å². The fraction of sp³-hybridized carbons (Fsp3) is 0.455. The van der Waals surface area contributed by atoms with Gasteiger partial charge >= 0.3 is 6.03 Å². The highest BCUT2D eigenvalue weighted by Gasteiger charge is 2.36. The maximum Gasteiger partial charge on any atom is 0.321 e. The van der Waals surface area contributed by atoms with Crippen molar-refractivity contribution in [1.29, 1.82) is 0 Å². The zero-order valence-electron chi connectivity index (χ0n) is 18.3. The van der Waals surface area contributed by atoms with Crippen LogP contribution in [0.4, 0.5) is 4.79 Å². The second kappa shape index (κ2) is 10.2. The molecule has 0 saturated carbocycles. The van der Waals surface area contributed by atoms with Crippen molar-refractivity contribution in [2.45, 2.75) is 39.7 Å². The van der Waals surface area contributed by atoms with Gasteiger partial charge in [0.15, 0.2) is 0 Å². The van der Waals surface area contributed by atoms with Crippen molar-refractivity contribution in [2.75, 3.05) is 26.2 Å². The maximum atomic E-state index is 12.8. The van der Waals surface area contributed by atoms with E-state index in [2.05, 4.69) is 21.0 Å². The molecule has 2 heterocycles. The summed E-state index contributed by atoms with van der Waals surface area (Å²) in [7, 11) is 0. The lowest BCUT2D eigenvalue weighted by molar-refractivity contribution is -0.131. The summed E-state index contributed by atoms with van der Waals surface area (Å²) in [5.41, 5.74) is 3.25. The van der Waals surface area contributed by atoms with Crippen LogP contribution in [0.15, 0.2) is 30.3 Å². The molecular weight excluding hydrogens is 396 g/mol. The molecule has 166 valence electrons. The van der Waals surface area contributed by atoms with Crippen molar-refractivity contribution in [3.05, 3.63) is 47.3 Å². The zero-order chi connectivity index (χ0) is 22.4. The number of imide groups is 1. The number of urea groups is 1. The minimum absolute atomic E-state index is 0.0608. The van der Waals surface area contributed by atoms with Gasteiger partial charge in [-0.2, -0.15) is 5.10 Å². The molecule has 1 fully saturated rings. The Bertz CT molecular complexity index is 940. The Morgan fingerprint density at radius 1 is 1.23 bits per heavy atom. The molecule has 1 aromatic carbocycles. The smallest absolute Gasteiger partial charge is 0.321 e. The van der Waals surface area contributed by atoms with E-state index in [0.717, 1.165) is 35.5 Å². The first-order valence-electron chi connectivity index (χ1n) is 10.6. The van der Waals surface area contributed by atoms with Crippen LogP contribution in [0.2, 0.25) is 0 Å². The van der Waals surface area contributed by atoms with E-state index in [-0.39, 0.29) is 12.5 Å². The Balaban J connectivity index is 1.79. The monoisotopic (exact) mass is 426 g/mol. The Morgan fingerprint density at radius 3 is 2.68 bits per heavy atom. The molecule has 0 aliphatic carbocycles. The van der Waals surface area contributed by atoms with Crippen molar-refractivity contribution in [3.63, 3.8) is 0 Å². The van der Waals surface area contributed by atoms with Crippen LogP contribution >= 0.6 is 0 Å². The van der Waals surface area contributed by atoms with Crippen LogP contribution in [-0.2, 0) is 9.59 Å². The van der Waals surface area contributed by atoms with Crippen LogP contribution < -0.4 is 16.0 Å². The first-order chi connectivity index (χ1) is 14.9. The Morgan fingerprint density at radius 2 is 1.97 bits per heavy atom. The molecule has 2 aromatic rings. The van der Waals surface area contributed by atoms with Gasteiger partial charge in [0.05, 0.1) is 17.9 Å². The van der Waals surface area contributed by atoms with Crippen LogP contribution in [0.5, 0.6) is 0 Å². The number of nitrogens with zero attached hydrogens (tertiary/aromatic N) is 3. The molecule has 1 aliphatic rings. The van der Waals surface area contributed by atoms with E-state index in [1.54, 1.807) is 4.90 Å². The average molecular weight is 427 g/mol. The summed E-state index contributed by atoms with van der Waals surface area (Å²) < 4.78 is 1.81. The van der Waals surface area contributed by atoms with Crippen LogP contribution in [0.3, 0.4) is 0 Å². The van der Waals surface area contributed by atoms with Gasteiger partial charge in [-0.1, -0.05) is 31.5 Å². The number of amides is 4. The van der Waals surface area contributed by atoms with Crippen molar-refractivity contribution in [3.8, 4) is 5.69 Å². The molecule has 1 unspecified atom stereocenters. The van der Waals surface area contributed by atoms with Gasteiger partial charge in [0.25, 0.3) is 0 Å². The summed E-state index contributed by atoms with van der Waals surface area (Å²) in [5.74, 6) is -0.621. The minimum Gasteiger partial charge on any atom is -0.353 e. The average Bonchev–Trinajstić information content (AvgIpc) is 3.03. The largest absolute Gasteiger partial charge is 0.353 e. The van der Waals surface area contributed by atoms with Crippen LogP contribution in [0.25, 0.3) is 5.69 Å². The van der Waals surface area contributed by atoms with Gasteiger partial charge in [-0.25, -0.2) is 9.48 Å². The van der Waals surface area contributed by atoms with Crippen LogP contribution in [-0.4, -0.2) is 58.7 Å². The number of piperazine rings is 1. The molecule has 1 aliphatic heterocycles. The second-order valence-electron chi connectivity index (χ2n) is 7.65. The summed E-state index contributed by atoms with van der Waals surface area (Å²) >= 11 is 0. The number of benzene rings is 1. The lowest BCUT2D eigenvalue weighted by Gasteiger charge is -2.34. The predicted octanol–water partition coefficient (Wildman–Crippen LogP) is 1.59. The number of hydrogen-bond donors (Lipinski definition) is 3. The highest BCUT2D eigenvalue weighted by Crippen LogP contribution is 2.30. The normalized spacial score (nSPS) is 16.6. The second-order valence-corrected chi connectivity index (χ2v) is 7.65. The van der Waals surface area contributed by atoms with E-state index >= 15 is 0 Å². The number of carbonyl (C=O) groups is 3. The van der Waals surface area contributed by atoms with Crippen LogP contribution in [0.1, 0.15) is 42.8 Å². The lowest BCUT2D eigenvalue weighted by Crippen LogP contribution is -2.54. The third-order valence-corrected chi connectivity index (χ3v) is 5.35. The SMILES string of the molecule is CCCCNC(=O)NC(=O)CN1CCNC(=O)C1c1c(C)nn(-c2ccccc2)c1C. The topological polar surface area (TPSA) is 108 Å². The first kappa shape index (κ1) is 22.5. The van der Waals surface area contributed by atoms with E-state index in [4.69, 9.17) is 0 Å². The summed E-state index contributed by atoms with van der Waals surface area (Å²) in [6.07, 6.45) is 1.80. The molecule has 1 aromatic heterocycles. The van der Waals surface area contributed by atoms with E-state index in [0.29, 0.717) is 19.6 Å². The van der Waals surface area contributed by atoms with E-state index in [1.807, 2.05) is 55.8 Å². The molecule has 4 amide bonds. The van der Waals surface area contributed by atoms with Gasteiger partial charge in [0.1, 0.15) is 6.04 Å². The van der Waals surface area contributed by atoms with Gasteiger partial charge in [-0.15, -0.1) is 0 Å². The number of rotatable bonds is 7. The number of carbonyl (C=O) groups excluding carboxylic acids is 3. The zero-order valence-corrected chi connectivity index (χ0v) is 18.3. The van der Waals surface area contributed by atoms with Crippen LogP contribution in [0, 0.1) is 13.8 Å². The fourth-order valence-electron chi connectivity index (χ4n) is 3.84. The van der Waals surface area contributed by atoms with E-state index in [9.17, 15) is 14.4 Å². The summed E-state index contributed by atoms with van der Waals surface area (Å²) in [4.78, 5) is 39.0. The van der Waals surface area contributed by atoms with Crippen molar-refractivity contribution in [1.82, 2.24) is 30.6 Å². The Labute approximate surface area is 182 Å². The number of aryl methyl sites for hydroxylation is 1. The van der Waals surface area contributed by atoms with Gasteiger partial charge in [0.2, 0.25) is 11.8 Å². The third kappa shape index (κ3) is 5.29. The molecule has 0 spiro atoms. The van der Waals surface area contributed by atoms with E-state index < -0.39 is 18.0 Å². The standard InChI is InChI=1S/C22H30N6O3/c1-4-5-11-24-22(31)25-18(29)14-27-13-12-23-21(30)20(27)19-15(2)26-28(16(19)3)17-9-7-6-8-10-17/h6-10,20H,4-5,11-14H2,1-3H3,(H,23,30)(H2,24,25,29,31). The van der Waals surface area contributed by atoms with Gasteiger partial charge in [0, 0.05) is 30.9 Å². The molecule has 0 bridgehead atoms. The first-order valence-corrected chi connectivity index (χ1v) is 10.6. The fourth-order valence-corrected chi connectivity index (χ4v) is 3.84. The predicted molar refractivity (Wildman–Crippen MR) is 117 cm³/mol. The Hall–Kier alpha value is -3.20. The quantitative estimate of drug-likeness (QED) is 0.583. The van der Waals surface area contributed by atoms with Crippen molar-refractivity contribution < 1.29 is 14.4 Å². The molecule has 3 rings (SSSR count). The molecular formula is C22H30N6O3. The highest BCUT2D eigenvalue weighted by molar-refractivity contribution is 5.95. The number of para-hydroxylation sites is 1. The van der Waals surface area contributed by atoms with E-state index in [1.165, 1.54) is 0 Å². The third-order valence-electron chi connectivity index (χ3n) is 5.35. The molecule has 1 saturated heterocycles. The number of hydrogen-bond acceptors (Lipinski definition) is 5. The lowest BCUT2D eigenvalue weighted by atomic mass is 10.00. The minimum atomic E-state index is -0.653. The maximum absolute atomic E-state index is 12.8. The number of unbranched alkanes of at least 4 members (excludes halogenated alkanes) is 1. The highest BCUT2D eigenvalue weighted by atomic mass is 16.2. The Kier molecular flexibility index (Phi) is 7.41. The number of aromatic nitrogens is 2. The molecule has 1 atom stereocenters. The molecule has 31 heavy (non-hydrogen) atoms. The number of nitrogens with one attached hydrogen (secondary N) is 3. The molecule has 9 heteroatoms. The molecule has 9 nitrogen and oxygen atoms in total. The van der Waals surface area contributed by atoms with Crippen molar-refractivity contribution in [2.24, 2.45) is 0 Å². The molecule has 0 radical (unpaired) electrons. The molecule has 3 N–H and O–H groups in total. The van der Waals surface area contributed by atoms with Gasteiger partial charge < -0.3 is 10.6 Å². The van der Waals surface area contributed by atoms with Gasteiger partial charge in [-0.3, -0.25) is 19.8 Å². The summed E-state index contributed by atoms with van der Waals surface area (Å²) in [6, 6.07) is 8.53. The summed E-state index contributed by atoms with van der Waals surface area (Å²) in [5, 5.41) is 12.5.